The number of fused-ring (bicyclic) bond motifs is 1. The van der Waals surface area contributed by atoms with E-state index in [1.807, 2.05) is 6.92 Å². The molecule has 1 saturated heterocycles. The molecule has 0 bridgehead atoms. The molecule has 23 heavy (non-hydrogen) atoms. The van der Waals surface area contributed by atoms with E-state index in [0.29, 0.717) is 24.3 Å². The molecule has 1 fully saturated rings. The molecule has 1 atom stereocenters. The lowest BCUT2D eigenvalue weighted by Crippen LogP contribution is -2.45. The number of nitrogens with one attached hydrogen (secondary N) is 1. The number of rotatable bonds is 3. The van der Waals surface area contributed by atoms with E-state index in [-0.39, 0.29) is 5.56 Å². The molecule has 0 unspecified atom stereocenters. The van der Waals surface area contributed by atoms with Gasteiger partial charge in [-0.15, -0.1) is 0 Å². The standard InChI is InChI=1S/C14H21N5O3S/c1-10-8-13-15-11(9-14(20)19(13)16-10)12-6-4-5-7-18(12)23(21,22)17(2)3/h8-9,12,16H,4-7H2,1-3H3/t12-/m0/s1. The van der Waals surface area contributed by atoms with Crippen molar-refractivity contribution in [2.45, 2.75) is 32.2 Å². The second-order valence-electron chi connectivity index (χ2n) is 6.06. The first-order valence-electron chi connectivity index (χ1n) is 7.59. The van der Waals surface area contributed by atoms with Crippen molar-refractivity contribution in [2.24, 2.45) is 0 Å². The molecule has 1 N–H and O–H groups in total. The minimum atomic E-state index is -3.55. The lowest BCUT2D eigenvalue weighted by atomic mass is 10.0. The summed E-state index contributed by atoms with van der Waals surface area (Å²) in [5.41, 5.74) is 1.62. The number of H-pyrrole nitrogens is 1. The van der Waals surface area contributed by atoms with E-state index in [1.165, 1.54) is 33.3 Å². The fourth-order valence-electron chi connectivity index (χ4n) is 2.99. The number of aryl methyl sites for hydroxylation is 1. The van der Waals surface area contributed by atoms with Gasteiger partial charge in [0.15, 0.2) is 5.65 Å². The third kappa shape index (κ3) is 2.79. The summed E-state index contributed by atoms with van der Waals surface area (Å²) < 4.78 is 29.1. The van der Waals surface area contributed by atoms with Crippen LogP contribution in [0.3, 0.4) is 0 Å². The maximum Gasteiger partial charge on any atom is 0.282 e. The number of nitrogens with zero attached hydrogens (tertiary/aromatic N) is 4. The molecule has 126 valence electrons. The molecule has 0 aliphatic carbocycles. The Bertz CT molecular complexity index is 883. The zero-order chi connectivity index (χ0) is 16.8. The third-order valence-electron chi connectivity index (χ3n) is 4.15. The fourth-order valence-corrected chi connectivity index (χ4v) is 4.30. The highest BCUT2D eigenvalue weighted by Gasteiger charge is 2.35. The smallest absolute Gasteiger partial charge is 0.282 e. The van der Waals surface area contributed by atoms with E-state index < -0.39 is 16.3 Å². The van der Waals surface area contributed by atoms with Crippen molar-refractivity contribution in [3.05, 3.63) is 33.9 Å². The molecule has 0 spiro atoms. The molecule has 1 aliphatic rings. The summed E-state index contributed by atoms with van der Waals surface area (Å²) >= 11 is 0. The van der Waals surface area contributed by atoms with Gasteiger partial charge >= 0.3 is 0 Å². The minimum Gasteiger partial charge on any atom is -0.294 e. The number of aromatic nitrogens is 3. The van der Waals surface area contributed by atoms with Crippen LogP contribution in [0, 0.1) is 6.92 Å². The number of hydrogen-bond donors (Lipinski definition) is 1. The van der Waals surface area contributed by atoms with Crippen molar-refractivity contribution >= 4 is 15.9 Å². The van der Waals surface area contributed by atoms with E-state index in [4.69, 9.17) is 0 Å². The van der Waals surface area contributed by atoms with Crippen LogP contribution in [0.2, 0.25) is 0 Å². The molecule has 0 amide bonds. The van der Waals surface area contributed by atoms with Gasteiger partial charge in [-0.25, -0.2) is 9.50 Å². The van der Waals surface area contributed by atoms with Crippen LogP contribution in [-0.2, 0) is 10.2 Å². The first kappa shape index (κ1) is 16.2. The Hall–Kier alpha value is -1.71. The summed E-state index contributed by atoms with van der Waals surface area (Å²) in [7, 11) is -0.516. The van der Waals surface area contributed by atoms with Crippen molar-refractivity contribution in [3.63, 3.8) is 0 Å². The number of hydrogen-bond acceptors (Lipinski definition) is 4. The van der Waals surface area contributed by atoms with Gasteiger partial charge in [0.1, 0.15) is 0 Å². The molecule has 2 aromatic rings. The highest BCUT2D eigenvalue weighted by molar-refractivity contribution is 7.86. The van der Waals surface area contributed by atoms with Crippen molar-refractivity contribution in [1.29, 1.82) is 0 Å². The normalized spacial score (nSPS) is 20.4. The van der Waals surface area contributed by atoms with Crippen LogP contribution in [-0.4, -0.2) is 52.3 Å². The highest BCUT2D eigenvalue weighted by atomic mass is 32.2. The summed E-state index contributed by atoms with van der Waals surface area (Å²) in [5.74, 6) is 0. The van der Waals surface area contributed by atoms with Gasteiger partial charge in [0.25, 0.3) is 15.8 Å². The fraction of sp³-hybridized carbons (Fsp3) is 0.571. The van der Waals surface area contributed by atoms with Crippen LogP contribution in [0.4, 0.5) is 0 Å². The largest absolute Gasteiger partial charge is 0.294 e. The van der Waals surface area contributed by atoms with Crippen LogP contribution in [0.25, 0.3) is 5.65 Å². The maximum atomic E-state index is 12.6. The van der Waals surface area contributed by atoms with Crippen LogP contribution >= 0.6 is 0 Å². The Morgan fingerprint density at radius 1 is 1.30 bits per heavy atom. The van der Waals surface area contributed by atoms with Gasteiger partial charge in [-0.05, 0) is 19.8 Å². The second-order valence-corrected chi connectivity index (χ2v) is 8.16. The third-order valence-corrected chi connectivity index (χ3v) is 6.10. The van der Waals surface area contributed by atoms with Gasteiger partial charge in [-0.1, -0.05) is 6.42 Å². The van der Waals surface area contributed by atoms with Gasteiger partial charge in [0.05, 0.1) is 11.7 Å². The van der Waals surface area contributed by atoms with Crippen LogP contribution in [0.15, 0.2) is 16.9 Å². The Morgan fingerprint density at radius 3 is 2.74 bits per heavy atom. The maximum absolute atomic E-state index is 12.6. The van der Waals surface area contributed by atoms with Gasteiger partial charge in [0, 0.05) is 38.5 Å². The summed E-state index contributed by atoms with van der Waals surface area (Å²) in [6.45, 7) is 2.29. The Balaban J connectivity index is 2.09. The first-order chi connectivity index (χ1) is 10.8. The Kier molecular flexibility index (Phi) is 4.03. The molecular formula is C14H21N5O3S. The lowest BCUT2D eigenvalue weighted by molar-refractivity contribution is 0.238. The summed E-state index contributed by atoms with van der Waals surface area (Å²) in [6, 6.07) is 2.80. The Morgan fingerprint density at radius 2 is 2.04 bits per heavy atom. The zero-order valence-electron chi connectivity index (χ0n) is 13.5. The summed E-state index contributed by atoms with van der Waals surface area (Å²) in [6.07, 6.45) is 2.39. The number of aromatic amines is 1. The average molecular weight is 339 g/mol. The summed E-state index contributed by atoms with van der Waals surface area (Å²) in [4.78, 5) is 16.8. The van der Waals surface area contributed by atoms with Gasteiger partial charge in [-0.2, -0.15) is 17.0 Å². The SMILES string of the molecule is Cc1cc2nc([C@@H]3CCCCN3S(=O)(=O)N(C)C)cc(=O)n2[nH]1. The average Bonchev–Trinajstić information content (AvgIpc) is 2.88. The molecule has 8 nitrogen and oxygen atoms in total. The van der Waals surface area contributed by atoms with E-state index in [1.54, 1.807) is 6.07 Å². The monoisotopic (exact) mass is 339 g/mol. The van der Waals surface area contributed by atoms with Crippen LogP contribution in [0.1, 0.15) is 36.7 Å². The topological polar surface area (TPSA) is 90.8 Å². The quantitative estimate of drug-likeness (QED) is 0.889. The second kappa shape index (κ2) is 5.73. The molecule has 3 rings (SSSR count). The summed E-state index contributed by atoms with van der Waals surface area (Å²) in [5, 5.41) is 2.92. The van der Waals surface area contributed by atoms with Crippen LogP contribution in [0.5, 0.6) is 0 Å². The van der Waals surface area contributed by atoms with Crippen LogP contribution < -0.4 is 5.56 Å². The Labute approximate surface area is 134 Å². The molecule has 0 saturated carbocycles. The molecule has 0 aromatic carbocycles. The van der Waals surface area contributed by atoms with E-state index in [0.717, 1.165) is 18.5 Å². The molecule has 9 heteroatoms. The zero-order valence-corrected chi connectivity index (χ0v) is 14.3. The van der Waals surface area contributed by atoms with Crippen molar-refractivity contribution in [2.75, 3.05) is 20.6 Å². The van der Waals surface area contributed by atoms with E-state index >= 15 is 0 Å². The van der Waals surface area contributed by atoms with E-state index in [9.17, 15) is 13.2 Å². The number of piperidine rings is 1. The van der Waals surface area contributed by atoms with Gasteiger partial charge < -0.3 is 0 Å². The van der Waals surface area contributed by atoms with Crippen molar-refractivity contribution in [3.8, 4) is 0 Å². The first-order valence-corrected chi connectivity index (χ1v) is 8.99. The van der Waals surface area contributed by atoms with Crippen molar-refractivity contribution < 1.29 is 8.42 Å². The van der Waals surface area contributed by atoms with Gasteiger partial charge in [-0.3, -0.25) is 9.89 Å². The highest BCUT2D eigenvalue weighted by Crippen LogP contribution is 2.32. The molecule has 1 aliphatic heterocycles. The molecule has 2 aromatic heterocycles. The minimum absolute atomic E-state index is 0.231. The van der Waals surface area contributed by atoms with E-state index in [2.05, 4.69) is 10.1 Å². The lowest BCUT2D eigenvalue weighted by Gasteiger charge is -2.35. The van der Waals surface area contributed by atoms with Crippen molar-refractivity contribution in [1.82, 2.24) is 23.2 Å². The molecule has 0 radical (unpaired) electrons. The van der Waals surface area contributed by atoms with Gasteiger partial charge in [0.2, 0.25) is 0 Å². The molecule has 3 heterocycles. The molecular weight excluding hydrogens is 318 g/mol. The predicted octanol–water partition coefficient (Wildman–Crippen LogP) is 0.664. The predicted molar refractivity (Wildman–Crippen MR) is 86.5 cm³/mol.